The van der Waals surface area contributed by atoms with Crippen molar-refractivity contribution in [2.45, 2.75) is 38.2 Å². The van der Waals surface area contributed by atoms with Crippen LogP contribution in [0.4, 0.5) is 10.5 Å². The highest BCUT2D eigenvalue weighted by molar-refractivity contribution is 5.93. The summed E-state index contributed by atoms with van der Waals surface area (Å²) in [5, 5.41) is 13.4. The van der Waals surface area contributed by atoms with Crippen molar-refractivity contribution in [1.82, 2.24) is 4.57 Å². The van der Waals surface area contributed by atoms with Gasteiger partial charge in [0.15, 0.2) is 0 Å². The number of aryl methyl sites for hydroxylation is 1. The van der Waals surface area contributed by atoms with Gasteiger partial charge in [-0.2, -0.15) is 0 Å². The summed E-state index contributed by atoms with van der Waals surface area (Å²) >= 11 is 0. The Morgan fingerprint density at radius 1 is 1.19 bits per heavy atom. The van der Waals surface area contributed by atoms with E-state index in [1.54, 1.807) is 18.2 Å². The molecule has 4 rings (SSSR count). The minimum Gasteiger partial charge on any atom is -0.496 e. The van der Waals surface area contributed by atoms with Crippen LogP contribution in [0.25, 0.3) is 10.9 Å². The van der Waals surface area contributed by atoms with Crippen molar-refractivity contribution >= 4 is 28.7 Å². The highest BCUT2D eigenvalue weighted by Gasteiger charge is 2.20. The molecule has 3 aromatic rings. The van der Waals surface area contributed by atoms with Crippen molar-refractivity contribution in [1.29, 1.82) is 0 Å². The van der Waals surface area contributed by atoms with Crippen molar-refractivity contribution in [3.05, 3.63) is 59.3 Å². The Balaban J connectivity index is 1.64. The van der Waals surface area contributed by atoms with Gasteiger partial charge in [0.25, 0.3) is 0 Å². The number of aromatic nitrogens is 1. The van der Waals surface area contributed by atoms with Gasteiger partial charge in [-0.15, -0.1) is 0 Å². The Morgan fingerprint density at radius 2 is 1.97 bits per heavy atom. The van der Waals surface area contributed by atoms with E-state index in [2.05, 4.69) is 5.32 Å². The van der Waals surface area contributed by atoms with Crippen LogP contribution in [0.1, 0.15) is 47.2 Å². The lowest BCUT2D eigenvalue weighted by Gasteiger charge is -2.13. The van der Waals surface area contributed by atoms with E-state index < -0.39 is 12.1 Å². The van der Waals surface area contributed by atoms with E-state index in [0.29, 0.717) is 23.4 Å². The van der Waals surface area contributed by atoms with Gasteiger partial charge < -0.3 is 19.1 Å². The van der Waals surface area contributed by atoms with Crippen LogP contribution in [0.5, 0.6) is 5.75 Å². The fourth-order valence-electron chi connectivity index (χ4n) is 4.33. The molecular formula is C24H26N2O5. The molecule has 1 amide bonds. The van der Waals surface area contributed by atoms with Gasteiger partial charge in [-0.3, -0.25) is 5.32 Å². The molecular weight excluding hydrogens is 396 g/mol. The minimum atomic E-state index is -0.994. The van der Waals surface area contributed by atoms with Gasteiger partial charge >= 0.3 is 12.1 Å². The molecule has 1 saturated carbocycles. The molecule has 0 radical (unpaired) electrons. The number of nitrogens with zero attached hydrogens (tertiary/aromatic N) is 1. The number of anilines is 1. The number of benzene rings is 2. The number of nitrogens with one attached hydrogen (secondary N) is 1. The van der Waals surface area contributed by atoms with Crippen LogP contribution in [0.2, 0.25) is 0 Å². The van der Waals surface area contributed by atoms with E-state index >= 15 is 0 Å². The number of amides is 1. The zero-order valence-electron chi connectivity index (χ0n) is 17.7. The maximum absolute atomic E-state index is 12.3. The maximum Gasteiger partial charge on any atom is 0.411 e. The van der Waals surface area contributed by atoms with Crippen molar-refractivity contribution < 1.29 is 24.2 Å². The number of hydrogen-bond donors (Lipinski definition) is 2. The lowest BCUT2D eigenvalue weighted by atomic mass is 9.98. The van der Waals surface area contributed by atoms with Crippen LogP contribution in [0.15, 0.2) is 42.6 Å². The highest BCUT2D eigenvalue weighted by atomic mass is 16.6. The molecule has 1 aliphatic rings. The van der Waals surface area contributed by atoms with Gasteiger partial charge in [0, 0.05) is 41.8 Å². The molecule has 2 aromatic carbocycles. The van der Waals surface area contributed by atoms with Crippen LogP contribution >= 0.6 is 0 Å². The normalized spacial score (nSPS) is 14.0. The second-order valence-electron chi connectivity index (χ2n) is 7.90. The molecule has 0 bridgehead atoms. The predicted octanol–water partition coefficient (Wildman–Crippen LogP) is 4.97. The lowest BCUT2D eigenvalue weighted by Crippen LogP contribution is -2.20. The molecule has 0 aliphatic heterocycles. The van der Waals surface area contributed by atoms with Crippen molar-refractivity contribution in [3.8, 4) is 5.75 Å². The van der Waals surface area contributed by atoms with E-state index in [4.69, 9.17) is 9.47 Å². The molecule has 1 heterocycles. The fourth-order valence-corrected chi connectivity index (χ4v) is 4.33. The van der Waals surface area contributed by atoms with Crippen LogP contribution in [-0.4, -0.2) is 34.9 Å². The summed E-state index contributed by atoms with van der Waals surface area (Å²) in [4.78, 5) is 24.0. The first-order chi connectivity index (χ1) is 15.0. The molecule has 7 heteroatoms. The first kappa shape index (κ1) is 20.8. The Kier molecular flexibility index (Phi) is 5.84. The summed E-state index contributed by atoms with van der Waals surface area (Å²) in [6.07, 6.45) is 5.94. The van der Waals surface area contributed by atoms with E-state index in [-0.39, 0.29) is 11.7 Å². The number of aromatic carboxylic acids is 1. The van der Waals surface area contributed by atoms with Gasteiger partial charge in [0.05, 0.1) is 12.7 Å². The standard InChI is InChI=1S/C24H26N2O5/c1-26-14-15(12-20-18(23(27)28)8-5-9-22(20)30-2)19-13-16(10-11-21(19)26)25-24(29)31-17-6-3-4-7-17/h5,8-11,13-14,17H,3-4,6-7,12H2,1-2H3,(H,25,29)(H,27,28). The topological polar surface area (TPSA) is 89.8 Å². The molecule has 162 valence electrons. The summed E-state index contributed by atoms with van der Waals surface area (Å²) in [6, 6.07) is 10.7. The average molecular weight is 422 g/mol. The molecule has 0 saturated heterocycles. The summed E-state index contributed by atoms with van der Waals surface area (Å²) in [5.41, 5.74) is 3.39. The third-order valence-corrected chi connectivity index (χ3v) is 5.84. The van der Waals surface area contributed by atoms with E-state index in [1.165, 1.54) is 7.11 Å². The van der Waals surface area contributed by atoms with E-state index in [0.717, 1.165) is 42.1 Å². The first-order valence-electron chi connectivity index (χ1n) is 10.4. The molecule has 0 unspecified atom stereocenters. The number of hydrogen-bond acceptors (Lipinski definition) is 4. The van der Waals surface area contributed by atoms with Crippen molar-refractivity contribution in [2.75, 3.05) is 12.4 Å². The average Bonchev–Trinajstić information content (AvgIpc) is 3.36. The third-order valence-electron chi connectivity index (χ3n) is 5.84. The lowest BCUT2D eigenvalue weighted by molar-refractivity contribution is 0.0695. The van der Waals surface area contributed by atoms with Gasteiger partial charge in [-0.25, -0.2) is 9.59 Å². The summed E-state index contributed by atoms with van der Waals surface area (Å²) in [6.45, 7) is 0. The van der Waals surface area contributed by atoms with Gasteiger partial charge in [-0.1, -0.05) is 6.07 Å². The zero-order chi connectivity index (χ0) is 22.0. The number of carboxylic acids is 1. The number of methoxy groups -OCH3 is 1. The Hall–Kier alpha value is -3.48. The number of carbonyl (C=O) groups excluding carboxylic acids is 1. The molecule has 2 N–H and O–H groups in total. The largest absolute Gasteiger partial charge is 0.496 e. The number of carboxylic acid groups (broad SMARTS) is 1. The number of ether oxygens (including phenoxy) is 2. The Bertz CT molecular complexity index is 1130. The van der Waals surface area contributed by atoms with E-state index in [9.17, 15) is 14.7 Å². The molecule has 31 heavy (non-hydrogen) atoms. The quantitative estimate of drug-likeness (QED) is 0.586. The van der Waals surface area contributed by atoms with Gasteiger partial charge in [-0.05, 0) is 61.6 Å². The number of fused-ring (bicyclic) bond motifs is 1. The highest BCUT2D eigenvalue weighted by Crippen LogP contribution is 2.31. The molecule has 1 aromatic heterocycles. The maximum atomic E-state index is 12.3. The van der Waals surface area contributed by atoms with Crippen LogP contribution < -0.4 is 10.1 Å². The number of rotatable bonds is 6. The van der Waals surface area contributed by atoms with Gasteiger partial charge in [0.1, 0.15) is 11.9 Å². The Labute approximate surface area is 180 Å². The fraction of sp³-hybridized carbons (Fsp3) is 0.333. The second kappa shape index (κ2) is 8.71. The van der Waals surface area contributed by atoms with Crippen molar-refractivity contribution in [2.24, 2.45) is 7.05 Å². The smallest absolute Gasteiger partial charge is 0.411 e. The number of carbonyl (C=O) groups is 2. The van der Waals surface area contributed by atoms with Crippen LogP contribution in [0, 0.1) is 0 Å². The molecule has 0 spiro atoms. The summed E-state index contributed by atoms with van der Waals surface area (Å²) < 4.78 is 12.9. The molecule has 0 atom stereocenters. The zero-order valence-corrected chi connectivity index (χ0v) is 17.7. The van der Waals surface area contributed by atoms with Gasteiger partial charge in [0.2, 0.25) is 0 Å². The molecule has 7 nitrogen and oxygen atoms in total. The van der Waals surface area contributed by atoms with Crippen molar-refractivity contribution in [3.63, 3.8) is 0 Å². The van der Waals surface area contributed by atoms with Crippen LogP contribution in [0.3, 0.4) is 0 Å². The predicted molar refractivity (Wildman–Crippen MR) is 118 cm³/mol. The van der Waals surface area contributed by atoms with E-state index in [1.807, 2.05) is 36.0 Å². The monoisotopic (exact) mass is 422 g/mol. The first-order valence-corrected chi connectivity index (χ1v) is 10.4. The SMILES string of the molecule is COc1cccc(C(=O)O)c1Cc1cn(C)c2ccc(NC(=O)OC3CCCC3)cc12. The van der Waals surface area contributed by atoms with Crippen LogP contribution in [-0.2, 0) is 18.2 Å². The second-order valence-corrected chi connectivity index (χ2v) is 7.90. The summed E-state index contributed by atoms with van der Waals surface area (Å²) in [7, 11) is 3.47. The minimum absolute atomic E-state index is 0.00370. The Morgan fingerprint density at radius 3 is 2.68 bits per heavy atom. The molecule has 1 fully saturated rings. The summed E-state index contributed by atoms with van der Waals surface area (Å²) in [5.74, 6) is -0.461. The third kappa shape index (κ3) is 4.35. The molecule has 1 aliphatic carbocycles.